The maximum absolute atomic E-state index is 11.3. The molecule has 0 spiro atoms. The van der Waals surface area contributed by atoms with E-state index in [2.05, 4.69) is 0 Å². The third kappa shape index (κ3) is 13.0. The van der Waals surface area contributed by atoms with Gasteiger partial charge in [-0.05, 0) is 0 Å². The van der Waals surface area contributed by atoms with Crippen LogP contribution in [0.2, 0.25) is 0 Å². The molecule has 0 bridgehead atoms. The fourth-order valence-electron chi connectivity index (χ4n) is 0.573. The van der Waals surface area contributed by atoms with E-state index >= 15 is 0 Å². The Morgan fingerprint density at radius 2 is 0.750 bits per heavy atom. The minimum Gasteiger partial charge on any atom is -0.289 e. The van der Waals surface area contributed by atoms with Crippen LogP contribution >= 0.6 is 0 Å². The van der Waals surface area contributed by atoms with Crippen LogP contribution in [0.25, 0.3) is 0 Å². The van der Waals surface area contributed by atoms with Crippen LogP contribution in [0.5, 0.6) is 0 Å². The first-order valence-corrected chi connectivity index (χ1v) is 4.87. The third-order valence-electron chi connectivity index (χ3n) is 1.57. The van der Waals surface area contributed by atoms with Gasteiger partial charge in [-0.2, -0.15) is 43.9 Å². The summed E-state index contributed by atoms with van der Waals surface area (Å²) in [6, 6.07) is -2.28. The molecule has 0 atom stereocenters. The average molecular weight is 430 g/mol. The Bertz CT molecular complexity index is 452. The van der Waals surface area contributed by atoms with E-state index in [1.54, 1.807) is 0 Å². The molecule has 0 aliphatic carbocycles. The molecule has 15 heteroatoms. The van der Waals surface area contributed by atoms with Crippen LogP contribution in [0, 0.1) is 0 Å². The molecule has 0 heterocycles. The summed E-state index contributed by atoms with van der Waals surface area (Å²) in [5.74, 6) is -7.76. The van der Waals surface area contributed by atoms with Crippen LogP contribution in [0.4, 0.5) is 43.9 Å². The number of hydrogen-bond acceptors (Lipinski definition) is 4. The van der Waals surface area contributed by atoms with Crippen molar-refractivity contribution in [3.05, 3.63) is 0 Å². The van der Waals surface area contributed by atoms with Crippen molar-refractivity contribution in [2.24, 2.45) is 0 Å². The van der Waals surface area contributed by atoms with Crippen molar-refractivity contribution in [1.29, 1.82) is 0 Å². The van der Waals surface area contributed by atoms with E-state index in [1.807, 2.05) is 0 Å². The van der Waals surface area contributed by atoms with Crippen molar-refractivity contribution in [3.63, 3.8) is 0 Å². The van der Waals surface area contributed by atoms with Gasteiger partial charge < -0.3 is 0 Å². The minimum atomic E-state index is -5.40. The fourth-order valence-corrected chi connectivity index (χ4v) is 0.573. The van der Waals surface area contributed by atoms with Crippen molar-refractivity contribution in [3.8, 4) is 0 Å². The van der Waals surface area contributed by atoms with Crippen LogP contribution in [-0.4, -0.2) is 41.9 Å². The van der Waals surface area contributed by atoms with Gasteiger partial charge in [-0.3, -0.25) is 19.2 Å². The molecule has 0 unspecified atom stereocenters. The second-order valence-corrected chi connectivity index (χ2v) is 3.47. The molecular weight excluding hydrogens is 426 g/mol. The number of carbonyl (C=O) groups excluding carboxylic acids is 4. The van der Waals surface area contributed by atoms with Gasteiger partial charge in [-0.15, -0.1) is 0 Å². The molecule has 0 aromatic carbocycles. The topological polar surface area (TPSA) is 68.3 Å². The second-order valence-electron chi connectivity index (χ2n) is 3.47. The molecule has 0 saturated carbocycles. The number of alkyl halides is 9. The largest absolute Gasteiger partial charge is 0.450 e. The van der Waals surface area contributed by atoms with Crippen LogP contribution in [0.15, 0.2) is 0 Å². The molecule has 0 aromatic heterocycles. The van der Waals surface area contributed by atoms with Crippen molar-refractivity contribution < 1.29 is 80.2 Å². The summed E-state index contributed by atoms with van der Waals surface area (Å²) < 4.78 is 113. The first-order chi connectivity index (χ1) is 9.89. The molecule has 0 fully saturated rings. The molecule has 24 heavy (non-hydrogen) atoms. The SMILES string of the molecule is O=C(CC(=O)C(F)(F)F)C(F)(F)F.O=C(F)CC(=O)C(F)(F)F.[Cu]. The van der Waals surface area contributed by atoms with Gasteiger partial charge in [0.1, 0.15) is 6.42 Å². The quantitative estimate of drug-likeness (QED) is 0.298. The maximum atomic E-state index is 11.3. The summed E-state index contributed by atoms with van der Waals surface area (Å²) >= 11 is 0. The molecule has 0 N–H and O–H groups in total. The Balaban J connectivity index is -0.000000364. The zero-order valence-electron chi connectivity index (χ0n) is 10.6. The molecular formula is C9H4CuF10O4. The van der Waals surface area contributed by atoms with E-state index in [-0.39, 0.29) is 17.1 Å². The number of halogens is 10. The number of hydrogen-bond donors (Lipinski definition) is 0. The van der Waals surface area contributed by atoms with Gasteiger partial charge in [-0.1, -0.05) is 0 Å². The predicted molar refractivity (Wildman–Crippen MR) is 48.5 cm³/mol. The third-order valence-corrected chi connectivity index (χ3v) is 1.57. The summed E-state index contributed by atoms with van der Waals surface area (Å²) in [6.45, 7) is 0. The van der Waals surface area contributed by atoms with E-state index < -0.39 is 54.8 Å². The first kappa shape index (κ1) is 27.4. The van der Waals surface area contributed by atoms with E-state index in [0.29, 0.717) is 0 Å². The number of ketones is 3. The Hall–Kier alpha value is -1.50. The van der Waals surface area contributed by atoms with Crippen LogP contribution in [0.1, 0.15) is 12.8 Å². The van der Waals surface area contributed by atoms with Crippen molar-refractivity contribution in [2.75, 3.05) is 0 Å². The minimum absolute atomic E-state index is 0. The van der Waals surface area contributed by atoms with E-state index in [1.165, 1.54) is 0 Å². The summed E-state index contributed by atoms with van der Waals surface area (Å²) in [4.78, 5) is 38.8. The Kier molecular flexibility index (Phi) is 11.1. The van der Waals surface area contributed by atoms with Gasteiger partial charge in [0.25, 0.3) is 0 Å². The van der Waals surface area contributed by atoms with Gasteiger partial charge in [0.2, 0.25) is 17.3 Å². The first-order valence-electron chi connectivity index (χ1n) is 4.87. The zero-order chi connectivity index (χ0) is 19.2. The number of carbonyl (C=O) groups is 4. The summed E-state index contributed by atoms with van der Waals surface area (Å²) in [5.41, 5.74) is 0. The van der Waals surface area contributed by atoms with Gasteiger partial charge in [0.15, 0.2) is 0 Å². The number of Topliss-reactive ketones (excluding diaryl/α,β-unsaturated/α-hetero) is 3. The van der Waals surface area contributed by atoms with Gasteiger partial charge in [0, 0.05) is 17.1 Å². The Labute approximate surface area is 136 Å². The predicted octanol–water partition coefficient (Wildman–Crippen LogP) is 2.64. The molecule has 4 nitrogen and oxygen atoms in total. The zero-order valence-corrected chi connectivity index (χ0v) is 11.6. The normalized spacial score (nSPS) is 11.6. The molecule has 1 radical (unpaired) electrons. The van der Waals surface area contributed by atoms with E-state index in [9.17, 15) is 63.1 Å². The van der Waals surface area contributed by atoms with Gasteiger partial charge >= 0.3 is 24.6 Å². The van der Waals surface area contributed by atoms with Gasteiger partial charge in [0.05, 0.1) is 6.42 Å². The van der Waals surface area contributed by atoms with E-state index in [4.69, 9.17) is 0 Å². The number of rotatable bonds is 4. The van der Waals surface area contributed by atoms with Crippen molar-refractivity contribution >= 4 is 23.4 Å². The molecule has 0 aromatic rings. The molecule has 0 aliphatic rings. The monoisotopic (exact) mass is 429 g/mol. The van der Waals surface area contributed by atoms with Crippen molar-refractivity contribution in [2.45, 2.75) is 31.4 Å². The van der Waals surface area contributed by atoms with Crippen molar-refractivity contribution in [1.82, 2.24) is 0 Å². The van der Waals surface area contributed by atoms with Crippen LogP contribution in [-0.2, 0) is 36.2 Å². The molecule has 0 saturated heterocycles. The average Bonchev–Trinajstić information content (AvgIpc) is 2.24. The summed E-state index contributed by atoms with van der Waals surface area (Å²) in [7, 11) is 0. The van der Waals surface area contributed by atoms with Crippen LogP contribution < -0.4 is 0 Å². The Morgan fingerprint density at radius 1 is 0.542 bits per heavy atom. The van der Waals surface area contributed by atoms with E-state index in [0.717, 1.165) is 0 Å². The smallest absolute Gasteiger partial charge is 0.289 e. The summed E-state index contributed by atoms with van der Waals surface area (Å²) in [6.07, 6.45) is -19.8. The Morgan fingerprint density at radius 3 is 0.875 bits per heavy atom. The standard InChI is InChI=1S/C5H2F6O2.C4H2F4O2.Cu/c6-4(7,8)2(12)1-3(13)5(9,10)11;5-3(10)1-2(9)4(6,7)8;/h1H2;1H2;. The van der Waals surface area contributed by atoms with Gasteiger partial charge in [-0.25, -0.2) is 0 Å². The van der Waals surface area contributed by atoms with Crippen LogP contribution in [0.3, 0.4) is 0 Å². The second kappa shape index (κ2) is 9.71. The molecule has 0 aliphatic heterocycles. The fraction of sp³-hybridized carbons (Fsp3) is 0.556. The molecule has 0 amide bonds. The molecule has 0 rings (SSSR count). The maximum Gasteiger partial charge on any atom is 0.450 e. The molecule has 145 valence electrons. The summed E-state index contributed by atoms with van der Waals surface area (Å²) in [5, 5.41) is 0.